The van der Waals surface area contributed by atoms with Gasteiger partial charge in [0.25, 0.3) is 0 Å². The predicted molar refractivity (Wildman–Crippen MR) is 140 cm³/mol. The Labute approximate surface area is 213 Å². The third kappa shape index (κ3) is 4.23. The minimum Gasteiger partial charge on any atom is -0.493 e. The second-order valence-electron chi connectivity index (χ2n) is 9.86. The number of nitrogens with two attached hydrogens (primary N) is 1. The smallest absolute Gasteiger partial charge is 0.225 e. The first-order chi connectivity index (χ1) is 18.2. The van der Waals surface area contributed by atoms with Crippen molar-refractivity contribution in [3.8, 4) is 17.3 Å². The van der Waals surface area contributed by atoms with Gasteiger partial charge in [-0.25, -0.2) is 4.98 Å². The number of furan rings is 1. The zero-order valence-electron chi connectivity index (χ0n) is 20.4. The summed E-state index contributed by atoms with van der Waals surface area (Å²) in [5.74, 6) is 3.69. The van der Waals surface area contributed by atoms with Crippen LogP contribution in [0.15, 0.2) is 65.4 Å². The lowest BCUT2D eigenvalue weighted by atomic mass is 9.91. The highest BCUT2D eigenvalue weighted by atomic mass is 16.5. The Balaban J connectivity index is 0.996. The van der Waals surface area contributed by atoms with Crippen LogP contribution in [-0.2, 0) is 0 Å². The molecule has 0 bridgehead atoms. The van der Waals surface area contributed by atoms with E-state index in [0.29, 0.717) is 35.1 Å². The molecule has 0 amide bonds. The summed E-state index contributed by atoms with van der Waals surface area (Å²) in [4.78, 5) is 18.6. The third-order valence-electron chi connectivity index (χ3n) is 7.47. The largest absolute Gasteiger partial charge is 0.493 e. The van der Waals surface area contributed by atoms with E-state index in [1.165, 1.54) is 0 Å². The molecule has 2 unspecified atom stereocenters. The molecule has 10 heteroatoms. The standard InChI is InChI=1S/C27H28N8O2/c28-27-31-24(14-25-30-26(32-35(25)27)23-4-2-12-36-23)34-11-10-33-15-18(5-7-20(33)16-34)17-37-21-8-6-19-3-1-9-29-22(19)13-21/h1-4,6,8-9,12-14,18,20H,5,7,10-11,15-17H2,(H2,28,31). The van der Waals surface area contributed by atoms with E-state index < -0.39 is 0 Å². The van der Waals surface area contributed by atoms with Crippen LogP contribution in [0.3, 0.4) is 0 Å². The molecule has 1 aromatic carbocycles. The molecule has 2 aliphatic heterocycles. The molecule has 0 spiro atoms. The third-order valence-corrected chi connectivity index (χ3v) is 7.47. The maximum absolute atomic E-state index is 6.26. The van der Waals surface area contributed by atoms with Crippen LogP contribution in [0.5, 0.6) is 5.75 Å². The molecule has 2 atom stereocenters. The monoisotopic (exact) mass is 496 g/mol. The number of hydrogen-bond donors (Lipinski definition) is 1. The fourth-order valence-electron chi connectivity index (χ4n) is 5.52. The first-order valence-electron chi connectivity index (χ1n) is 12.7. The van der Waals surface area contributed by atoms with Gasteiger partial charge in [-0.15, -0.1) is 5.10 Å². The molecule has 37 heavy (non-hydrogen) atoms. The van der Waals surface area contributed by atoms with Gasteiger partial charge in [0.15, 0.2) is 11.4 Å². The maximum Gasteiger partial charge on any atom is 0.225 e. The average Bonchev–Trinajstić information content (AvgIpc) is 3.62. The molecule has 7 rings (SSSR count). The topological polar surface area (TPSA) is 111 Å². The summed E-state index contributed by atoms with van der Waals surface area (Å²) < 4.78 is 13.2. The Morgan fingerprint density at radius 2 is 2.00 bits per heavy atom. The number of benzene rings is 1. The zero-order chi connectivity index (χ0) is 24.8. The molecule has 5 aromatic rings. The lowest BCUT2D eigenvalue weighted by molar-refractivity contribution is 0.0728. The Morgan fingerprint density at radius 1 is 1.03 bits per heavy atom. The van der Waals surface area contributed by atoms with Crippen molar-refractivity contribution in [3.63, 3.8) is 0 Å². The number of pyridine rings is 1. The van der Waals surface area contributed by atoms with E-state index in [4.69, 9.17) is 14.9 Å². The van der Waals surface area contributed by atoms with Gasteiger partial charge in [0, 0.05) is 61.9 Å². The van der Waals surface area contributed by atoms with Crippen molar-refractivity contribution in [3.05, 3.63) is 61.0 Å². The molecule has 10 nitrogen and oxygen atoms in total. The Morgan fingerprint density at radius 3 is 2.92 bits per heavy atom. The summed E-state index contributed by atoms with van der Waals surface area (Å²) in [5, 5.41) is 5.58. The fourth-order valence-corrected chi connectivity index (χ4v) is 5.52. The summed E-state index contributed by atoms with van der Waals surface area (Å²) in [6.07, 6.45) is 5.70. The molecule has 2 saturated heterocycles. The number of nitrogens with zero attached hydrogens (tertiary/aromatic N) is 7. The Kier molecular flexibility index (Phi) is 5.39. The van der Waals surface area contributed by atoms with E-state index in [9.17, 15) is 0 Å². The summed E-state index contributed by atoms with van der Waals surface area (Å²) in [5.41, 5.74) is 7.89. The first kappa shape index (κ1) is 22.1. The molecule has 2 fully saturated rings. The van der Waals surface area contributed by atoms with Gasteiger partial charge in [0.2, 0.25) is 11.8 Å². The average molecular weight is 497 g/mol. The maximum atomic E-state index is 6.26. The molecule has 2 aliphatic rings. The number of piperazine rings is 1. The van der Waals surface area contributed by atoms with E-state index in [2.05, 4.69) is 42.0 Å². The van der Waals surface area contributed by atoms with Gasteiger partial charge < -0.3 is 19.8 Å². The van der Waals surface area contributed by atoms with E-state index in [1.807, 2.05) is 42.6 Å². The minimum absolute atomic E-state index is 0.324. The van der Waals surface area contributed by atoms with Crippen molar-refractivity contribution in [2.45, 2.75) is 18.9 Å². The van der Waals surface area contributed by atoms with Crippen molar-refractivity contribution in [2.75, 3.05) is 43.4 Å². The number of rotatable bonds is 5. The summed E-state index contributed by atoms with van der Waals surface area (Å²) in [6, 6.07) is 16.3. The quantitative estimate of drug-likeness (QED) is 0.391. The van der Waals surface area contributed by atoms with Crippen molar-refractivity contribution in [2.24, 2.45) is 5.92 Å². The highest BCUT2D eigenvalue weighted by Crippen LogP contribution is 2.29. The van der Waals surface area contributed by atoms with Crippen LogP contribution < -0.4 is 15.4 Å². The molecule has 6 heterocycles. The minimum atomic E-state index is 0.324. The molecule has 4 aromatic heterocycles. The van der Waals surface area contributed by atoms with Crippen LogP contribution in [0.4, 0.5) is 11.8 Å². The van der Waals surface area contributed by atoms with Gasteiger partial charge in [-0.3, -0.25) is 9.88 Å². The van der Waals surface area contributed by atoms with Crippen LogP contribution in [-0.4, -0.2) is 68.3 Å². The molecule has 2 N–H and O–H groups in total. The van der Waals surface area contributed by atoms with Gasteiger partial charge in [0.1, 0.15) is 11.6 Å². The fraction of sp³-hybridized carbons (Fsp3) is 0.333. The normalized spacial score (nSPS) is 20.4. The van der Waals surface area contributed by atoms with E-state index in [-0.39, 0.29) is 0 Å². The van der Waals surface area contributed by atoms with Crippen molar-refractivity contribution >= 4 is 28.3 Å². The van der Waals surface area contributed by atoms with E-state index in [1.54, 1.807) is 10.8 Å². The number of aromatic nitrogens is 5. The van der Waals surface area contributed by atoms with Crippen LogP contribution in [0.2, 0.25) is 0 Å². The van der Waals surface area contributed by atoms with Gasteiger partial charge in [-0.05, 0) is 43.2 Å². The van der Waals surface area contributed by atoms with Gasteiger partial charge in [-0.2, -0.15) is 9.50 Å². The van der Waals surface area contributed by atoms with Crippen molar-refractivity contribution < 1.29 is 9.15 Å². The molecule has 0 radical (unpaired) electrons. The lowest BCUT2D eigenvalue weighted by Gasteiger charge is -2.46. The lowest BCUT2D eigenvalue weighted by Crippen LogP contribution is -2.57. The van der Waals surface area contributed by atoms with E-state index in [0.717, 1.165) is 68.1 Å². The summed E-state index contributed by atoms with van der Waals surface area (Å²) in [6.45, 7) is 4.58. The van der Waals surface area contributed by atoms with Crippen LogP contribution >= 0.6 is 0 Å². The molecule has 0 aliphatic carbocycles. The predicted octanol–water partition coefficient (Wildman–Crippen LogP) is 3.49. The zero-order valence-corrected chi connectivity index (χ0v) is 20.4. The Hall–Kier alpha value is -4.18. The second kappa shape index (κ2) is 9.04. The number of anilines is 2. The number of ether oxygens (including phenoxy) is 1. The number of hydrogen-bond acceptors (Lipinski definition) is 9. The van der Waals surface area contributed by atoms with Gasteiger partial charge >= 0.3 is 0 Å². The van der Waals surface area contributed by atoms with Gasteiger partial charge in [-0.1, -0.05) is 6.07 Å². The van der Waals surface area contributed by atoms with Crippen molar-refractivity contribution in [1.29, 1.82) is 0 Å². The van der Waals surface area contributed by atoms with Crippen molar-refractivity contribution in [1.82, 2.24) is 29.5 Å². The van der Waals surface area contributed by atoms with Crippen LogP contribution in [0.1, 0.15) is 12.8 Å². The highest BCUT2D eigenvalue weighted by Gasteiger charge is 2.34. The number of piperidine rings is 1. The molecule has 188 valence electrons. The first-order valence-corrected chi connectivity index (χ1v) is 12.7. The second-order valence-corrected chi connectivity index (χ2v) is 9.86. The number of fused-ring (bicyclic) bond motifs is 3. The van der Waals surface area contributed by atoms with E-state index >= 15 is 0 Å². The number of nitrogen functional groups attached to an aromatic ring is 1. The van der Waals surface area contributed by atoms with Crippen LogP contribution in [0.25, 0.3) is 28.1 Å². The molecular weight excluding hydrogens is 468 g/mol. The highest BCUT2D eigenvalue weighted by molar-refractivity contribution is 5.79. The summed E-state index contributed by atoms with van der Waals surface area (Å²) in [7, 11) is 0. The SMILES string of the molecule is Nc1nc(N2CCN3CC(COc4ccc5cccnc5c4)CCC3C2)cc2nc(-c3ccco3)nn12. The molecule has 0 saturated carbocycles. The van der Waals surface area contributed by atoms with Gasteiger partial charge in [0.05, 0.1) is 18.4 Å². The summed E-state index contributed by atoms with van der Waals surface area (Å²) >= 11 is 0. The molecular formula is C27H28N8O2. The van der Waals surface area contributed by atoms with Crippen LogP contribution in [0, 0.1) is 5.92 Å². The Bertz CT molecular complexity index is 1550.